The van der Waals surface area contributed by atoms with E-state index in [1.165, 1.54) is 0 Å². The van der Waals surface area contributed by atoms with E-state index in [-0.39, 0.29) is 20.3 Å². The monoisotopic (exact) mass is 242 g/mol. The zero-order chi connectivity index (χ0) is 9.26. The average Bonchev–Trinajstić information content (AvgIpc) is 2.46. The Labute approximate surface area is 82.0 Å². The molecule has 0 aliphatic carbocycles. The summed E-state index contributed by atoms with van der Waals surface area (Å²) in [6.07, 6.45) is 4.51. The summed E-state index contributed by atoms with van der Waals surface area (Å²) in [6, 6.07) is 1.81. The van der Waals surface area contributed by atoms with Gasteiger partial charge in [-0.2, -0.15) is 0 Å². The third-order valence-corrected chi connectivity index (χ3v) is 4.17. The van der Waals surface area contributed by atoms with Gasteiger partial charge in [-0.1, -0.05) is 0 Å². The minimum absolute atomic E-state index is 0.163. The van der Waals surface area contributed by atoms with E-state index in [9.17, 15) is 4.79 Å². The molecule has 0 aromatic carbocycles. The van der Waals surface area contributed by atoms with E-state index in [0.29, 0.717) is 0 Å². The van der Waals surface area contributed by atoms with Gasteiger partial charge in [-0.15, -0.1) is 0 Å². The molecule has 3 nitrogen and oxygen atoms in total. The van der Waals surface area contributed by atoms with Crippen molar-refractivity contribution in [1.29, 1.82) is 0 Å². The average molecular weight is 241 g/mol. The van der Waals surface area contributed by atoms with Crippen LogP contribution in [0.5, 0.6) is 0 Å². The quantitative estimate of drug-likeness (QED) is 0.731. The Morgan fingerprint density at radius 1 is 1.62 bits per heavy atom. The number of aromatic nitrogens is 2. The van der Waals surface area contributed by atoms with Crippen LogP contribution in [0.15, 0.2) is 23.3 Å². The van der Waals surface area contributed by atoms with Gasteiger partial charge >= 0.3 is 81.6 Å². The molecule has 0 N–H and O–H groups in total. The molecule has 0 saturated carbocycles. The second-order valence-electron chi connectivity index (χ2n) is 2.87. The van der Waals surface area contributed by atoms with E-state index < -0.39 is 0 Å². The van der Waals surface area contributed by atoms with Gasteiger partial charge in [0.15, 0.2) is 0 Å². The van der Waals surface area contributed by atoms with E-state index in [0.717, 1.165) is 22.6 Å². The van der Waals surface area contributed by atoms with Crippen molar-refractivity contribution in [2.75, 3.05) is 0 Å². The van der Waals surface area contributed by atoms with E-state index in [1.807, 2.05) is 15.8 Å². The Hall–Kier alpha value is -0.861. The number of nitrogens with zero attached hydrogens (tertiary/aromatic N) is 2. The Kier molecular flexibility index (Phi) is 2.34. The van der Waals surface area contributed by atoms with E-state index >= 15 is 0 Å². The van der Waals surface area contributed by atoms with Crippen molar-refractivity contribution in [3.63, 3.8) is 0 Å². The second kappa shape index (κ2) is 3.48. The van der Waals surface area contributed by atoms with Crippen LogP contribution in [-0.4, -0.2) is 23.3 Å². The molecule has 2 heterocycles. The summed E-state index contributed by atoms with van der Waals surface area (Å²) in [6.45, 7) is 2.96. The molecule has 0 bridgehead atoms. The molecule has 0 radical (unpaired) electrons. The topological polar surface area (TPSA) is 34.9 Å². The molecule has 0 spiro atoms. The summed E-state index contributed by atoms with van der Waals surface area (Å²) in [4.78, 5) is 15.7. The first-order valence-corrected chi connectivity index (χ1v) is 5.89. The van der Waals surface area contributed by atoms with Crippen LogP contribution in [0.2, 0.25) is 0 Å². The molecule has 4 heteroatoms. The molecule has 0 fully saturated rings. The number of hydrogen-bond donors (Lipinski definition) is 0. The molecule has 0 aliphatic rings. The van der Waals surface area contributed by atoms with Gasteiger partial charge < -0.3 is 0 Å². The fraction of sp³-hybridized carbons (Fsp3) is 0.333. The fourth-order valence-electron chi connectivity index (χ4n) is 1.27. The van der Waals surface area contributed by atoms with Crippen LogP contribution in [0.25, 0.3) is 9.65 Å². The van der Waals surface area contributed by atoms with Crippen molar-refractivity contribution in [1.82, 2.24) is 8.55 Å². The first-order valence-electron chi connectivity index (χ1n) is 4.26. The predicted octanol–water partition coefficient (Wildman–Crippen LogP) is 0.863. The Balaban J connectivity index is 2.67. The fourth-order valence-corrected chi connectivity index (χ4v) is 3.49. The van der Waals surface area contributed by atoms with Crippen molar-refractivity contribution in [2.24, 2.45) is 0 Å². The summed E-state index contributed by atoms with van der Waals surface area (Å²) >= 11 is 0.163. The van der Waals surface area contributed by atoms with Gasteiger partial charge in [0.25, 0.3) is 0 Å². The van der Waals surface area contributed by atoms with Crippen LogP contribution in [0.3, 0.4) is 0 Å². The molecule has 0 atom stereocenters. The molecule has 68 valence electrons. The molecule has 0 unspecified atom stereocenters. The Morgan fingerprint density at radius 3 is 3.15 bits per heavy atom. The van der Waals surface area contributed by atoms with Gasteiger partial charge in [-0.25, -0.2) is 0 Å². The third-order valence-electron chi connectivity index (χ3n) is 1.88. The number of hydrogen-bond acceptors (Lipinski definition) is 2. The second-order valence-corrected chi connectivity index (χ2v) is 5.10. The third kappa shape index (κ3) is 1.47. The SMILES string of the molecule is CCCn1[se]c2cnccc2c1=O. The summed E-state index contributed by atoms with van der Waals surface area (Å²) in [5.41, 5.74) is 0.180. The van der Waals surface area contributed by atoms with Crippen LogP contribution in [0.4, 0.5) is 0 Å². The minimum atomic E-state index is 0.163. The van der Waals surface area contributed by atoms with Gasteiger partial charge in [0.1, 0.15) is 0 Å². The number of pyridine rings is 1. The maximum absolute atomic E-state index is 11.7. The Morgan fingerprint density at radius 2 is 2.46 bits per heavy atom. The van der Waals surface area contributed by atoms with Crippen molar-refractivity contribution in [3.8, 4) is 0 Å². The zero-order valence-corrected chi connectivity index (χ0v) is 9.07. The molecule has 13 heavy (non-hydrogen) atoms. The molecular formula is C9H10N2OSe. The van der Waals surface area contributed by atoms with Crippen molar-refractivity contribution >= 4 is 24.4 Å². The molecule has 0 aliphatic heterocycles. The molecule has 0 saturated heterocycles. The molecular weight excluding hydrogens is 231 g/mol. The molecule has 0 amide bonds. The zero-order valence-electron chi connectivity index (χ0n) is 7.36. The first kappa shape index (κ1) is 8.73. The summed E-state index contributed by atoms with van der Waals surface area (Å²) in [5.74, 6) is 0. The van der Waals surface area contributed by atoms with Crippen LogP contribution in [-0.2, 0) is 6.54 Å². The van der Waals surface area contributed by atoms with Crippen LogP contribution in [0.1, 0.15) is 13.3 Å². The number of aryl methyl sites for hydroxylation is 1. The van der Waals surface area contributed by atoms with E-state index in [2.05, 4.69) is 11.9 Å². The van der Waals surface area contributed by atoms with Gasteiger partial charge in [0.2, 0.25) is 0 Å². The summed E-state index contributed by atoms with van der Waals surface area (Å²) in [5, 5.41) is 0.850. The van der Waals surface area contributed by atoms with Gasteiger partial charge in [-0.3, -0.25) is 0 Å². The van der Waals surface area contributed by atoms with Crippen LogP contribution in [0, 0.1) is 0 Å². The standard InChI is InChI=1S/C9H10N2OSe/c1-2-5-11-9(12)7-3-4-10-6-8(7)13-11/h3-4,6H,2,5H2,1H3. The molecule has 2 rings (SSSR count). The van der Waals surface area contributed by atoms with E-state index in [1.54, 1.807) is 6.20 Å². The first-order chi connectivity index (χ1) is 6.33. The summed E-state index contributed by atoms with van der Waals surface area (Å²) < 4.78 is 3.05. The molecule has 2 aromatic rings. The predicted molar refractivity (Wildman–Crippen MR) is 53.2 cm³/mol. The van der Waals surface area contributed by atoms with Crippen molar-refractivity contribution < 1.29 is 0 Å². The summed E-state index contributed by atoms with van der Waals surface area (Å²) in [7, 11) is 0. The van der Waals surface area contributed by atoms with Gasteiger partial charge in [0, 0.05) is 0 Å². The van der Waals surface area contributed by atoms with Crippen LogP contribution < -0.4 is 5.56 Å². The maximum atomic E-state index is 11.7. The number of rotatable bonds is 2. The number of fused-ring (bicyclic) bond motifs is 1. The normalized spacial score (nSPS) is 10.8. The Bertz CT molecular complexity index is 472. The van der Waals surface area contributed by atoms with E-state index in [4.69, 9.17) is 0 Å². The molecule has 2 aromatic heterocycles. The van der Waals surface area contributed by atoms with Crippen molar-refractivity contribution in [2.45, 2.75) is 19.9 Å². The van der Waals surface area contributed by atoms with Crippen molar-refractivity contribution in [3.05, 3.63) is 28.8 Å². The van der Waals surface area contributed by atoms with Gasteiger partial charge in [0.05, 0.1) is 0 Å². The van der Waals surface area contributed by atoms with Gasteiger partial charge in [-0.05, 0) is 0 Å². The van der Waals surface area contributed by atoms with Crippen LogP contribution >= 0.6 is 0 Å².